The number of halogens is 1. The van der Waals surface area contributed by atoms with Gasteiger partial charge >= 0.3 is 0 Å². The lowest BCUT2D eigenvalue weighted by Gasteiger charge is -2.16. The normalized spacial score (nSPS) is 12.4. The fraction of sp³-hybridized carbons (Fsp3) is 0.385. The molecule has 1 atom stereocenters. The summed E-state index contributed by atoms with van der Waals surface area (Å²) in [5.41, 5.74) is 1.18. The second-order valence-corrected chi connectivity index (χ2v) is 5.14. The molecule has 2 aromatic rings. The van der Waals surface area contributed by atoms with E-state index >= 15 is 0 Å². The summed E-state index contributed by atoms with van der Waals surface area (Å²) in [6, 6.07) is 6.19. The number of aromatic nitrogens is 3. The van der Waals surface area contributed by atoms with E-state index in [2.05, 4.69) is 44.3 Å². The molecule has 0 saturated heterocycles. The van der Waals surface area contributed by atoms with Crippen molar-refractivity contribution in [1.82, 2.24) is 20.1 Å². The Balaban J connectivity index is 2.03. The number of nitrogens with zero attached hydrogens (tertiary/aromatic N) is 3. The van der Waals surface area contributed by atoms with Gasteiger partial charge in [0.15, 0.2) is 0 Å². The van der Waals surface area contributed by atoms with Gasteiger partial charge in [-0.3, -0.25) is 4.68 Å². The Morgan fingerprint density at radius 3 is 2.84 bits per heavy atom. The average Bonchev–Trinajstić information content (AvgIpc) is 2.81. The Labute approximate surface area is 121 Å². The van der Waals surface area contributed by atoms with Crippen LogP contribution < -0.4 is 10.1 Å². The van der Waals surface area contributed by atoms with E-state index in [0.717, 1.165) is 16.0 Å². The summed E-state index contributed by atoms with van der Waals surface area (Å²) in [5, 5.41) is 7.47. The van der Waals surface area contributed by atoms with E-state index in [4.69, 9.17) is 4.74 Å². The first kappa shape index (κ1) is 14.0. The van der Waals surface area contributed by atoms with E-state index in [1.54, 1.807) is 18.1 Å². The minimum Gasteiger partial charge on any atom is -0.497 e. The summed E-state index contributed by atoms with van der Waals surface area (Å²) < 4.78 is 7.99. The highest BCUT2D eigenvalue weighted by atomic mass is 79.9. The predicted octanol–water partition coefficient (Wildman–Crippen LogP) is 2.44. The fourth-order valence-electron chi connectivity index (χ4n) is 1.82. The van der Waals surface area contributed by atoms with Gasteiger partial charge in [-0.15, -0.1) is 0 Å². The number of aryl methyl sites for hydroxylation is 1. The number of methoxy groups -OCH3 is 1. The number of nitrogens with one attached hydrogen (secondary N) is 1. The highest BCUT2D eigenvalue weighted by Crippen LogP contribution is 2.27. The summed E-state index contributed by atoms with van der Waals surface area (Å²) in [7, 11) is 3.55. The molecule has 2 rings (SSSR count). The molecular formula is C13H17BrN4O. The molecule has 0 aliphatic heterocycles. The van der Waals surface area contributed by atoms with Crippen LogP contribution in [0.1, 0.15) is 24.4 Å². The minimum absolute atomic E-state index is 0.206. The SMILES string of the molecule is COc1ccc([C@H](C)NCc2ncnn2C)c(Br)c1. The van der Waals surface area contributed by atoms with Crippen LogP contribution in [0.15, 0.2) is 29.0 Å². The average molecular weight is 325 g/mol. The molecule has 0 saturated carbocycles. The van der Waals surface area contributed by atoms with Crippen LogP contribution in [0.2, 0.25) is 0 Å². The molecule has 0 aliphatic carbocycles. The molecule has 0 amide bonds. The van der Waals surface area contributed by atoms with E-state index < -0.39 is 0 Å². The monoisotopic (exact) mass is 324 g/mol. The second-order valence-electron chi connectivity index (χ2n) is 4.29. The van der Waals surface area contributed by atoms with Gasteiger partial charge in [-0.05, 0) is 24.6 Å². The third-order valence-corrected chi connectivity index (χ3v) is 3.73. The topological polar surface area (TPSA) is 52.0 Å². The van der Waals surface area contributed by atoms with Gasteiger partial charge < -0.3 is 10.1 Å². The third kappa shape index (κ3) is 3.33. The van der Waals surface area contributed by atoms with Gasteiger partial charge in [0.25, 0.3) is 0 Å². The van der Waals surface area contributed by atoms with Crippen molar-refractivity contribution in [1.29, 1.82) is 0 Å². The van der Waals surface area contributed by atoms with Gasteiger partial charge in [-0.1, -0.05) is 22.0 Å². The fourth-order valence-corrected chi connectivity index (χ4v) is 2.52. The summed E-state index contributed by atoms with van der Waals surface area (Å²) in [4.78, 5) is 4.19. The maximum Gasteiger partial charge on any atom is 0.140 e. The van der Waals surface area contributed by atoms with E-state index in [-0.39, 0.29) is 6.04 Å². The number of rotatable bonds is 5. The van der Waals surface area contributed by atoms with Crippen molar-refractivity contribution in [3.05, 3.63) is 40.4 Å². The Morgan fingerprint density at radius 2 is 2.26 bits per heavy atom. The van der Waals surface area contributed by atoms with Gasteiger partial charge in [0, 0.05) is 17.6 Å². The Hall–Kier alpha value is -1.40. The molecule has 1 heterocycles. The van der Waals surface area contributed by atoms with Crippen molar-refractivity contribution < 1.29 is 4.74 Å². The molecule has 0 bridgehead atoms. The lowest BCUT2D eigenvalue weighted by Crippen LogP contribution is -2.20. The molecule has 102 valence electrons. The zero-order chi connectivity index (χ0) is 13.8. The van der Waals surface area contributed by atoms with E-state index in [0.29, 0.717) is 6.54 Å². The highest BCUT2D eigenvalue weighted by molar-refractivity contribution is 9.10. The molecule has 1 N–H and O–H groups in total. The zero-order valence-corrected chi connectivity index (χ0v) is 12.8. The van der Waals surface area contributed by atoms with E-state index in [9.17, 15) is 0 Å². The van der Waals surface area contributed by atoms with E-state index in [1.807, 2.05) is 19.2 Å². The summed E-state index contributed by atoms with van der Waals surface area (Å²) in [6.45, 7) is 2.79. The molecule has 0 radical (unpaired) electrons. The quantitative estimate of drug-likeness (QED) is 0.917. The van der Waals surface area contributed by atoms with Crippen LogP contribution in [0.4, 0.5) is 0 Å². The molecule has 0 fully saturated rings. The first-order valence-corrected chi connectivity index (χ1v) is 6.81. The molecule has 19 heavy (non-hydrogen) atoms. The van der Waals surface area contributed by atoms with Crippen LogP contribution >= 0.6 is 15.9 Å². The van der Waals surface area contributed by atoms with Crippen molar-refractivity contribution in [3.8, 4) is 5.75 Å². The Morgan fingerprint density at radius 1 is 1.47 bits per heavy atom. The van der Waals surface area contributed by atoms with Gasteiger partial charge in [0.05, 0.1) is 13.7 Å². The van der Waals surface area contributed by atoms with Crippen LogP contribution in [0.25, 0.3) is 0 Å². The number of hydrogen-bond donors (Lipinski definition) is 1. The number of benzene rings is 1. The minimum atomic E-state index is 0.206. The Bertz CT molecular complexity index is 555. The van der Waals surface area contributed by atoms with Crippen LogP contribution in [-0.4, -0.2) is 21.9 Å². The van der Waals surface area contributed by atoms with E-state index in [1.165, 1.54) is 5.56 Å². The predicted molar refractivity (Wildman–Crippen MR) is 77.0 cm³/mol. The first-order valence-electron chi connectivity index (χ1n) is 6.01. The molecular weight excluding hydrogens is 308 g/mol. The maximum atomic E-state index is 5.19. The van der Waals surface area contributed by atoms with Crippen molar-refractivity contribution in [2.24, 2.45) is 7.05 Å². The lowest BCUT2D eigenvalue weighted by molar-refractivity contribution is 0.414. The van der Waals surface area contributed by atoms with Crippen LogP contribution in [0.3, 0.4) is 0 Å². The second kappa shape index (κ2) is 6.16. The third-order valence-electron chi connectivity index (χ3n) is 3.05. The number of hydrogen-bond acceptors (Lipinski definition) is 4. The standard InChI is InChI=1S/C13H17BrN4O/c1-9(15-7-13-16-8-17-18(13)2)11-5-4-10(19-3)6-12(11)14/h4-6,8-9,15H,7H2,1-3H3/t9-/m0/s1. The molecule has 0 aliphatic rings. The van der Waals surface area contributed by atoms with Gasteiger partial charge in [0.2, 0.25) is 0 Å². The summed E-state index contributed by atoms with van der Waals surface area (Å²) in [5.74, 6) is 1.76. The zero-order valence-electron chi connectivity index (χ0n) is 11.2. The van der Waals surface area contributed by atoms with Crippen LogP contribution in [-0.2, 0) is 13.6 Å². The molecule has 0 unspecified atom stereocenters. The molecule has 0 spiro atoms. The highest BCUT2D eigenvalue weighted by Gasteiger charge is 2.11. The lowest BCUT2D eigenvalue weighted by atomic mass is 10.1. The Kier molecular flexibility index (Phi) is 4.55. The van der Waals surface area contributed by atoms with Crippen molar-refractivity contribution in [2.75, 3.05) is 7.11 Å². The van der Waals surface area contributed by atoms with Crippen molar-refractivity contribution >= 4 is 15.9 Å². The van der Waals surface area contributed by atoms with Crippen LogP contribution in [0.5, 0.6) is 5.75 Å². The van der Waals surface area contributed by atoms with Crippen LogP contribution in [0, 0.1) is 0 Å². The van der Waals surface area contributed by atoms with Crippen molar-refractivity contribution in [3.63, 3.8) is 0 Å². The smallest absolute Gasteiger partial charge is 0.140 e. The van der Waals surface area contributed by atoms with Gasteiger partial charge in [-0.25, -0.2) is 4.98 Å². The molecule has 5 nitrogen and oxygen atoms in total. The van der Waals surface area contributed by atoms with Gasteiger partial charge in [0.1, 0.15) is 17.9 Å². The summed E-state index contributed by atoms with van der Waals surface area (Å²) in [6.07, 6.45) is 1.56. The maximum absolute atomic E-state index is 5.19. The number of ether oxygens (including phenoxy) is 1. The molecule has 1 aromatic heterocycles. The van der Waals surface area contributed by atoms with Crippen molar-refractivity contribution in [2.45, 2.75) is 19.5 Å². The first-order chi connectivity index (χ1) is 9.11. The summed E-state index contributed by atoms with van der Waals surface area (Å²) >= 11 is 3.57. The molecule has 1 aromatic carbocycles. The van der Waals surface area contributed by atoms with Gasteiger partial charge in [-0.2, -0.15) is 5.10 Å². The largest absolute Gasteiger partial charge is 0.497 e. The molecule has 6 heteroatoms.